The SMILES string of the molecule is NNC(=O)C1(c2ccccc2)CC1. The Labute approximate surface area is 76.9 Å². The molecule has 3 N–H and O–H groups in total. The van der Waals surface area contributed by atoms with Gasteiger partial charge < -0.3 is 0 Å². The van der Waals surface area contributed by atoms with E-state index in [9.17, 15) is 4.79 Å². The average Bonchev–Trinajstić information content (AvgIpc) is 2.99. The first kappa shape index (κ1) is 8.26. The maximum absolute atomic E-state index is 11.5. The Morgan fingerprint density at radius 2 is 1.92 bits per heavy atom. The van der Waals surface area contributed by atoms with Gasteiger partial charge in [0.05, 0.1) is 5.41 Å². The molecule has 0 radical (unpaired) electrons. The van der Waals surface area contributed by atoms with Crippen LogP contribution in [0.3, 0.4) is 0 Å². The standard InChI is InChI=1S/C10H12N2O/c11-12-9(13)10(6-7-10)8-4-2-1-3-5-8/h1-5H,6-7,11H2,(H,12,13). The van der Waals surface area contributed by atoms with Crippen LogP contribution in [-0.4, -0.2) is 5.91 Å². The summed E-state index contributed by atoms with van der Waals surface area (Å²) >= 11 is 0. The molecule has 2 rings (SSSR count). The molecule has 0 atom stereocenters. The largest absolute Gasteiger partial charge is 0.293 e. The van der Waals surface area contributed by atoms with Crippen molar-refractivity contribution in [1.82, 2.24) is 5.43 Å². The van der Waals surface area contributed by atoms with Crippen molar-refractivity contribution in [3.05, 3.63) is 35.9 Å². The summed E-state index contributed by atoms with van der Waals surface area (Å²) in [6.45, 7) is 0. The van der Waals surface area contributed by atoms with Crippen molar-refractivity contribution in [3.63, 3.8) is 0 Å². The summed E-state index contributed by atoms with van der Waals surface area (Å²) in [5.74, 6) is 5.07. The van der Waals surface area contributed by atoms with E-state index in [0.717, 1.165) is 18.4 Å². The number of hydrogen-bond acceptors (Lipinski definition) is 2. The van der Waals surface area contributed by atoms with Crippen molar-refractivity contribution in [1.29, 1.82) is 0 Å². The minimum atomic E-state index is -0.323. The Bertz CT molecular complexity index is 317. The lowest BCUT2D eigenvalue weighted by Gasteiger charge is -2.12. The lowest BCUT2D eigenvalue weighted by atomic mass is 9.95. The molecule has 13 heavy (non-hydrogen) atoms. The smallest absolute Gasteiger partial charge is 0.244 e. The van der Waals surface area contributed by atoms with E-state index >= 15 is 0 Å². The highest BCUT2D eigenvalue weighted by Crippen LogP contribution is 2.48. The first-order valence-corrected chi connectivity index (χ1v) is 4.36. The van der Waals surface area contributed by atoms with E-state index in [-0.39, 0.29) is 11.3 Å². The molecule has 3 nitrogen and oxygen atoms in total. The van der Waals surface area contributed by atoms with Crippen LogP contribution >= 0.6 is 0 Å². The highest BCUT2D eigenvalue weighted by atomic mass is 16.2. The lowest BCUT2D eigenvalue weighted by molar-refractivity contribution is -0.123. The van der Waals surface area contributed by atoms with Gasteiger partial charge in [0.2, 0.25) is 5.91 Å². The third-order valence-corrected chi connectivity index (χ3v) is 2.64. The number of hydrazine groups is 1. The molecule has 1 saturated carbocycles. The molecule has 1 amide bonds. The van der Waals surface area contributed by atoms with Gasteiger partial charge >= 0.3 is 0 Å². The number of nitrogens with one attached hydrogen (secondary N) is 1. The second kappa shape index (κ2) is 2.85. The van der Waals surface area contributed by atoms with Gasteiger partial charge in [-0.2, -0.15) is 0 Å². The van der Waals surface area contributed by atoms with Gasteiger partial charge in [-0.1, -0.05) is 30.3 Å². The van der Waals surface area contributed by atoms with Gasteiger partial charge in [-0.3, -0.25) is 10.2 Å². The van der Waals surface area contributed by atoms with Crippen molar-refractivity contribution in [3.8, 4) is 0 Å². The molecule has 1 aromatic carbocycles. The molecule has 0 aromatic heterocycles. The second-order valence-corrected chi connectivity index (χ2v) is 3.42. The van der Waals surface area contributed by atoms with Gasteiger partial charge in [-0.05, 0) is 18.4 Å². The van der Waals surface area contributed by atoms with Crippen LogP contribution in [0.25, 0.3) is 0 Å². The molecule has 0 aliphatic heterocycles. The quantitative estimate of drug-likeness (QED) is 0.396. The van der Waals surface area contributed by atoms with Crippen molar-refractivity contribution in [2.75, 3.05) is 0 Å². The molecule has 1 aliphatic carbocycles. The summed E-state index contributed by atoms with van der Waals surface area (Å²) in [6.07, 6.45) is 1.81. The molecule has 68 valence electrons. The Hall–Kier alpha value is -1.35. The summed E-state index contributed by atoms with van der Waals surface area (Å²) in [5.41, 5.74) is 2.97. The van der Waals surface area contributed by atoms with Crippen molar-refractivity contribution in [2.24, 2.45) is 5.84 Å². The molecule has 0 bridgehead atoms. The summed E-state index contributed by atoms with van der Waals surface area (Å²) in [6, 6.07) is 9.78. The van der Waals surface area contributed by atoms with E-state index in [0.29, 0.717) is 0 Å². The average molecular weight is 176 g/mol. The van der Waals surface area contributed by atoms with Gasteiger partial charge in [-0.25, -0.2) is 5.84 Å². The predicted molar refractivity (Wildman–Crippen MR) is 49.7 cm³/mol. The number of carbonyl (C=O) groups is 1. The highest BCUT2D eigenvalue weighted by Gasteiger charge is 2.50. The van der Waals surface area contributed by atoms with Gasteiger partial charge in [0.1, 0.15) is 0 Å². The number of benzene rings is 1. The zero-order chi connectivity index (χ0) is 9.31. The second-order valence-electron chi connectivity index (χ2n) is 3.42. The van der Waals surface area contributed by atoms with E-state index in [4.69, 9.17) is 5.84 Å². The summed E-state index contributed by atoms with van der Waals surface area (Å²) < 4.78 is 0. The Kier molecular flexibility index (Phi) is 1.81. The number of rotatable bonds is 2. The van der Waals surface area contributed by atoms with E-state index < -0.39 is 0 Å². The van der Waals surface area contributed by atoms with Crippen LogP contribution in [0.15, 0.2) is 30.3 Å². The number of nitrogens with two attached hydrogens (primary N) is 1. The van der Waals surface area contributed by atoms with Crippen LogP contribution in [0.5, 0.6) is 0 Å². The first-order valence-electron chi connectivity index (χ1n) is 4.36. The molecule has 0 spiro atoms. The molecule has 0 heterocycles. The van der Waals surface area contributed by atoms with Crippen molar-refractivity contribution < 1.29 is 4.79 Å². The highest BCUT2D eigenvalue weighted by molar-refractivity contribution is 5.90. The maximum atomic E-state index is 11.5. The van der Waals surface area contributed by atoms with E-state index in [1.165, 1.54) is 0 Å². The summed E-state index contributed by atoms with van der Waals surface area (Å²) in [5, 5.41) is 0. The topological polar surface area (TPSA) is 55.1 Å². The third kappa shape index (κ3) is 1.21. The predicted octanol–water partition coefficient (Wildman–Crippen LogP) is 0.708. The first-order chi connectivity index (χ1) is 6.29. The third-order valence-electron chi connectivity index (χ3n) is 2.64. The van der Waals surface area contributed by atoms with E-state index in [2.05, 4.69) is 5.43 Å². The fraction of sp³-hybridized carbons (Fsp3) is 0.300. The summed E-state index contributed by atoms with van der Waals surface area (Å²) in [7, 11) is 0. The zero-order valence-electron chi connectivity index (χ0n) is 7.29. The monoisotopic (exact) mass is 176 g/mol. The maximum Gasteiger partial charge on any atom is 0.244 e. The molecular weight excluding hydrogens is 164 g/mol. The number of hydrogen-bond donors (Lipinski definition) is 2. The minimum absolute atomic E-state index is 0.0706. The molecule has 1 aliphatic rings. The van der Waals surface area contributed by atoms with Crippen LogP contribution < -0.4 is 11.3 Å². The normalized spacial score (nSPS) is 17.9. The molecule has 0 saturated heterocycles. The van der Waals surface area contributed by atoms with Gasteiger partial charge in [-0.15, -0.1) is 0 Å². The summed E-state index contributed by atoms with van der Waals surface area (Å²) in [4.78, 5) is 11.5. The Morgan fingerprint density at radius 3 is 2.38 bits per heavy atom. The minimum Gasteiger partial charge on any atom is -0.293 e. The molecule has 1 fully saturated rings. The van der Waals surface area contributed by atoms with E-state index in [1.54, 1.807) is 0 Å². The lowest BCUT2D eigenvalue weighted by Crippen LogP contribution is -2.39. The Balaban J connectivity index is 2.31. The van der Waals surface area contributed by atoms with Crippen LogP contribution in [0.1, 0.15) is 18.4 Å². The zero-order valence-corrected chi connectivity index (χ0v) is 7.29. The van der Waals surface area contributed by atoms with Crippen molar-refractivity contribution in [2.45, 2.75) is 18.3 Å². The van der Waals surface area contributed by atoms with Crippen LogP contribution in [0.2, 0.25) is 0 Å². The number of amides is 1. The molecule has 3 heteroatoms. The number of carbonyl (C=O) groups excluding carboxylic acids is 1. The molecular formula is C10H12N2O. The molecule has 1 aromatic rings. The van der Waals surface area contributed by atoms with Gasteiger partial charge in [0.15, 0.2) is 0 Å². The molecule has 0 unspecified atom stereocenters. The van der Waals surface area contributed by atoms with Gasteiger partial charge in [0, 0.05) is 0 Å². The Morgan fingerprint density at radius 1 is 1.31 bits per heavy atom. The van der Waals surface area contributed by atoms with Crippen LogP contribution in [0.4, 0.5) is 0 Å². The fourth-order valence-corrected chi connectivity index (χ4v) is 1.67. The van der Waals surface area contributed by atoms with E-state index in [1.807, 2.05) is 30.3 Å². The van der Waals surface area contributed by atoms with Crippen LogP contribution in [0, 0.1) is 0 Å². The van der Waals surface area contributed by atoms with Crippen LogP contribution in [-0.2, 0) is 10.2 Å². The van der Waals surface area contributed by atoms with Gasteiger partial charge in [0.25, 0.3) is 0 Å². The fourth-order valence-electron chi connectivity index (χ4n) is 1.67. The van der Waals surface area contributed by atoms with Crippen molar-refractivity contribution >= 4 is 5.91 Å².